The average Bonchev–Trinajstić information content (AvgIpc) is 2.91. The molecule has 1 fully saturated rings. The first-order valence-electron chi connectivity index (χ1n) is 5.25. The SMILES string of the molecule is CC(C)(c1cc(Br)cc(F)c1O)C1(N)CC1. The van der Waals surface area contributed by atoms with Crippen LogP contribution in [0.1, 0.15) is 32.3 Å². The highest BCUT2D eigenvalue weighted by Gasteiger charge is 2.53. The highest BCUT2D eigenvalue weighted by atomic mass is 79.9. The predicted molar refractivity (Wildman–Crippen MR) is 64.9 cm³/mol. The van der Waals surface area contributed by atoms with Crippen LogP contribution in [0.5, 0.6) is 5.75 Å². The van der Waals surface area contributed by atoms with Gasteiger partial charge in [-0.2, -0.15) is 0 Å². The molecule has 1 aliphatic carbocycles. The van der Waals surface area contributed by atoms with E-state index in [-0.39, 0.29) is 11.3 Å². The highest BCUT2D eigenvalue weighted by Crippen LogP contribution is 2.51. The molecule has 4 heteroatoms. The smallest absolute Gasteiger partial charge is 0.166 e. The molecule has 0 amide bonds. The molecule has 16 heavy (non-hydrogen) atoms. The predicted octanol–water partition coefficient (Wildman–Crippen LogP) is 3.06. The van der Waals surface area contributed by atoms with Crippen molar-refractivity contribution in [3.05, 3.63) is 28.0 Å². The van der Waals surface area contributed by atoms with E-state index in [1.165, 1.54) is 6.07 Å². The summed E-state index contributed by atoms with van der Waals surface area (Å²) in [6.45, 7) is 3.89. The van der Waals surface area contributed by atoms with Gasteiger partial charge in [-0.15, -0.1) is 0 Å². The molecule has 0 unspecified atom stereocenters. The van der Waals surface area contributed by atoms with Crippen LogP contribution in [0, 0.1) is 5.82 Å². The van der Waals surface area contributed by atoms with Gasteiger partial charge >= 0.3 is 0 Å². The van der Waals surface area contributed by atoms with Crippen LogP contribution in [0.25, 0.3) is 0 Å². The lowest BCUT2D eigenvalue weighted by Gasteiger charge is -2.33. The molecule has 0 aliphatic heterocycles. The number of phenolic OH excluding ortho intramolecular Hbond substituents is 1. The second-order valence-electron chi connectivity index (χ2n) is 5.06. The molecule has 0 bridgehead atoms. The maximum absolute atomic E-state index is 13.5. The number of benzene rings is 1. The Kier molecular flexibility index (Phi) is 2.55. The number of aromatic hydroxyl groups is 1. The van der Waals surface area contributed by atoms with Crippen LogP contribution in [0.15, 0.2) is 16.6 Å². The maximum atomic E-state index is 13.5. The van der Waals surface area contributed by atoms with Crippen LogP contribution in [-0.4, -0.2) is 10.6 Å². The van der Waals surface area contributed by atoms with Crippen molar-refractivity contribution in [1.29, 1.82) is 0 Å². The standard InChI is InChI=1S/C12H15BrFNO/c1-11(2,12(15)3-4-12)8-5-7(13)6-9(14)10(8)16/h5-6,16H,3-4,15H2,1-2H3. The Balaban J connectivity index is 2.55. The van der Waals surface area contributed by atoms with E-state index < -0.39 is 11.2 Å². The van der Waals surface area contributed by atoms with Gasteiger partial charge in [-0.25, -0.2) is 4.39 Å². The minimum Gasteiger partial charge on any atom is -0.505 e. The summed E-state index contributed by atoms with van der Waals surface area (Å²) in [7, 11) is 0. The second kappa shape index (κ2) is 3.44. The lowest BCUT2D eigenvalue weighted by molar-refractivity contribution is 0.355. The molecule has 1 aromatic carbocycles. The first kappa shape index (κ1) is 11.9. The number of halogens is 2. The molecule has 0 saturated heterocycles. The van der Waals surface area contributed by atoms with Gasteiger partial charge in [0.15, 0.2) is 11.6 Å². The largest absolute Gasteiger partial charge is 0.505 e. The van der Waals surface area contributed by atoms with Crippen molar-refractivity contribution in [3.63, 3.8) is 0 Å². The Hall–Kier alpha value is -0.610. The Morgan fingerprint density at radius 1 is 1.44 bits per heavy atom. The van der Waals surface area contributed by atoms with E-state index in [0.717, 1.165) is 12.8 Å². The molecule has 1 aliphatic rings. The first-order valence-corrected chi connectivity index (χ1v) is 6.05. The molecule has 1 aromatic rings. The zero-order chi connectivity index (χ0) is 12.1. The van der Waals surface area contributed by atoms with Gasteiger partial charge in [0.1, 0.15) is 0 Å². The monoisotopic (exact) mass is 287 g/mol. The lowest BCUT2D eigenvalue weighted by atomic mass is 9.75. The summed E-state index contributed by atoms with van der Waals surface area (Å²) < 4.78 is 14.1. The van der Waals surface area contributed by atoms with E-state index in [0.29, 0.717) is 10.0 Å². The molecule has 88 valence electrons. The normalized spacial score (nSPS) is 18.6. The van der Waals surface area contributed by atoms with Gasteiger partial charge in [-0.3, -0.25) is 0 Å². The molecule has 0 radical (unpaired) electrons. The third-order valence-electron chi connectivity index (χ3n) is 3.73. The van der Waals surface area contributed by atoms with Gasteiger partial charge in [0, 0.05) is 21.0 Å². The summed E-state index contributed by atoms with van der Waals surface area (Å²) in [6, 6.07) is 3.00. The first-order chi connectivity index (χ1) is 7.28. The third-order valence-corrected chi connectivity index (χ3v) is 4.19. The Morgan fingerprint density at radius 2 is 2.00 bits per heavy atom. The zero-order valence-electron chi connectivity index (χ0n) is 9.35. The van der Waals surface area contributed by atoms with Crippen LogP contribution in [0.4, 0.5) is 4.39 Å². The van der Waals surface area contributed by atoms with Crippen LogP contribution in [0.3, 0.4) is 0 Å². The second-order valence-corrected chi connectivity index (χ2v) is 5.98. The van der Waals surface area contributed by atoms with Crippen molar-refractivity contribution in [1.82, 2.24) is 0 Å². The van der Waals surface area contributed by atoms with Crippen molar-refractivity contribution < 1.29 is 9.50 Å². The number of rotatable bonds is 2. The number of hydrogen-bond donors (Lipinski definition) is 2. The van der Waals surface area contributed by atoms with E-state index in [1.807, 2.05) is 13.8 Å². The number of hydrogen-bond acceptors (Lipinski definition) is 2. The quantitative estimate of drug-likeness (QED) is 0.878. The molecule has 3 N–H and O–H groups in total. The molecule has 0 spiro atoms. The summed E-state index contributed by atoms with van der Waals surface area (Å²) in [6.07, 6.45) is 1.82. The minimum atomic E-state index is -0.610. The Bertz CT molecular complexity index is 441. The number of phenols is 1. The van der Waals surface area contributed by atoms with Crippen LogP contribution in [0.2, 0.25) is 0 Å². The fourth-order valence-corrected chi connectivity index (χ4v) is 2.50. The van der Waals surface area contributed by atoms with Gasteiger partial charge in [0.05, 0.1) is 0 Å². The summed E-state index contributed by atoms with van der Waals surface area (Å²) in [4.78, 5) is 0. The van der Waals surface area contributed by atoms with Crippen molar-refractivity contribution in [2.75, 3.05) is 0 Å². The molecular weight excluding hydrogens is 273 g/mol. The van der Waals surface area contributed by atoms with E-state index in [4.69, 9.17) is 5.73 Å². The van der Waals surface area contributed by atoms with Gasteiger partial charge in [0.2, 0.25) is 0 Å². The minimum absolute atomic E-state index is 0.287. The van der Waals surface area contributed by atoms with Crippen molar-refractivity contribution in [2.45, 2.75) is 37.6 Å². The highest BCUT2D eigenvalue weighted by molar-refractivity contribution is 9.10. The summed E-state index contributed by atoms with van der Waals surface area (Å²) in [5, 5.41) is 9.80. The summed E-state index contributed by atoms with van der Waals surface area (Å²) in [5.41, 5.74) is 5.99. The van der Waals surface area contributed by atoms with Crippen LogP contribution >= 0.6 is 15.9 Å². The van der Waals surface area contributed by atoms with E-state index in [9.17, 15) is 9.50 Å². The number of nitrogens with two attached hydrogens (primary N) is 1. The fraction of sp³-hybridized carbons (Fsp3) is 0.500. The molecule has 0 atom stereocenters. The Morgan fingerprint density at radius 3 is 2.50 bits per heavy atom. The van der Waals surface area contributed by atoms with Crippen molar-refractivity contribution in [3.8, 4) is 5.75 Å². The van der Waals surface area contributed by atoms with Crippen LogP contribution in [-0.2, 0) is 5.41 Å². The van der Waals surface area contributed by atoms with Crippen molar-refractivity contribution >= 4 is 15.9 Å². The maximum Gasteiger partial charge on any atom is 0.166 e. The van der Waals surface area contributed by atoms with E-state index >= 15 is 0 Å². The van der Waals surface area contributed by atoms with Crippen LogP contribution < -0.4 is 5.73 Å². The topological polar surface area (TPSA) is 46.2 Å². The third kappa shape index (κ3) is 1.64. The average molecular weight is 288 g/mol. The molecule has 2 rings (SSSR count). The molecule has 2 nitrogen and oxygen atoms in total. The summed E-state index contributed by atoms with van der Waals surface area (Å²) >= 11 is 3.23. The van der Waals surface area contributed by atoms with E-state index in [1.54, 1.807) is 6.07 Å². The Labute approximate surface area is 103 Å². The van der Waals surface area contributed by atoms with Gasteiger partial charge in [-0.1, -0.05) is 29.8 Å². The zero-order valence-corrected chi connectivity index (χ0v) is 10.9. The lowest BCUT2D eigenvalue weighted by Crippen LogP contribution is -2.43. The molecule has 0 aromatic heterocycles. The van der Waals surface area contributed by atoms with Gasteiger partial charge in [0.25, 0.3) is 0 Å². The summed E-state index contributed by atoms with van der Waals surface area (Å²) in [5.74, 6) is -0.897. The van der Waals surface area contributed by atoms with Gasteiger partial charge in [-0.05, 0) is 25.0 Å². The van der Waals surface area contributed by atoms with Crippen molar-refractivity contribution in [2.24, 2.45) is 5.73 Å². The van der Waals surface area contributed by atoms with E-state index in [2.05, 4.69) is 15.9 Å². The molecular formula is C12H15BrFNO. The molecule has 0 heterocycles. The fourth-order valence-electron chi connectivity index (χ4n) is 2.07. The molecule has 1 saturated carbocycles. The van der Waals surface area contributed by atoms with Gasteiger partial charge < -0.3 is 10.8 Å².